The molecule has 84 valence electrons. The van der Waals surface area contributed by atoms with Gasteiger partial charge in [-0.05, 0) is 47.3 Å². The molecule has 0 aliphatic rings. The zero-order valence-electron chi connectivity index (χ0n) is 9.76. The van der Waals surface area contributed by atoms with Crippen molar-refractivity contribution in [1.82, 2.24) is 4.98 Å². The maximum atomic E-state index is 4.46. The average molecular weight is 271 g/mol. The molecule has 0 saturated heterocycles. The van der Waals surface area contributed by atoms with E-state index in [1.54, 1.807) is 0 Å². The topological polar surface area (TPSA) is 16.1 Å². The maximum Gasteiger partial charge on any atom is 0.128 e. The lowest BCUT2D eigenvalue weighted by Crippen LogP contribution is -2.25. The second-order valence-electron chi connectivity index (χ2n) is 3.78. The van der Waals surface area contributed by atoms with Gasteiger partial charge in [-0.25, -0.2) is 4.98 Å². The first-order valence-electron chi connectivity index (χ1n) is 5.56. The molecule has 0 N–H and O–H groups in total. The van der Waals surface area contributed by atoms with Crippen molar-refractivity contribution in [3.05, 3.63) is 22.3 Å². The fraction of sp³-hybridized carbons (Fsp3) is 0.583. The van der Waals surface area contributed by atoms with Gasteiger partial charge in [-0.3, -0.25) is 0 Å². The Kier molecular flexibility index (Phi) is 5.09. The van der Waals surface area contributed by atoms with Gasteiger partial charge in [0, 0.05) is 23.8 Å². The molecule has 0 amide bonds. The maximum absolute atomic E-state index is 4.46. The molecule has 0 atom stereocenters. The minimum Gasteiger partial charge on any atom is -0.357 e. The Morgan fingerprint density at radius 3 is 2.33 bits per heavy atom. The van der Waals surface area contributed by atoms with E-state index in [0.717, 1.165) is 36.2 Å². The molecule has 1 aromatic rings. The minimum atomic E-state index is 1.08. The molecule has 1 heterocycles. The van der Waals surface area contributed by atoms with Crippen molar-refractivity contribution < 1.29 is 0 Å². The van der Waals surface area contributed by atoms with Crippen LogP contribution >= 0.6 is 15.9 Å². The lowest BCUT2D eigenvalue weighted by molar-refractivity contribution is 0.733. The van der Waals surface area contributed by atoms with E-state index < -0.39 is 0 Å². The van der Waals surface area contributed by atoms with Gasteiger partial charge in [0.15, 0.2) is 0 Å². The van der Waals surface area contributed by atoms with E-state index in [1.165, 1.54) is 5.56 Å². The molecule has 0 spiro atoms. The fourth-order valence-electron chi connectivity index (χ4n) is 1.58. The lowest BCUT2D eigenvalue weighted by atomic mass is 10.2. The summed E-state index contributed by atoms with van der Waals surface area (Å²) in [5, 5.41) is 0. The van der Waals surface area contributed by atoms with Gasteiger partial charge < -0.3 is 4.90 Å². The Labute approximate surface area is 101 Å². The number of halogens is 1. The van der Waals surface area contributed by atoms with Gasteiger partial charge in [-0.1, -0.05) is 13.8 Å². The van der Waals surface area contributed by atoms with Crippen molar-refractivity contribution in [2.45, 2.75) is 33.6 Å². The highest BCUT2D eigenvalue weighted by atomic mass is 79.9. The van der Waals surface area contributed by atoms with Gasteiger partial charge in [0.1, 0.15) is 5.82 Å². The van der Waals surface area contributed by atoms with Crippen molar-refractivity contribution in [1.29, 1.82) is 0 Å². The Balaban J connectivity index is 2.85. The van der Waals surface area contributed by atoms with Crippen LogP contribution in [0.1, 0.15) is 32.3 Å². The monoisotopic (exact) mass is 270 g/mol. The molecule has 0 aliphatic carbocycles. The van der Waals surface area contributed by atoms with Crippen molar-refractivity contribution in [2.24, 2.45) is 0 Å². The van der Waals surface area contributed by atoms with Crippen LogP contribution in [0, 0.1) is 6.92 Å². The van der Waals surface area contributed by atoms with Gasteiger partial charge in [-0.2, -0.15) is 0 Å². The summed E-state index contributed by atoms with van der Waals surface area (Å²) in [6, 6.07) is 2.15. The van der Waals surface area contributed by atoms with Crippen LogP contribution in [0.15, 0.2) is 16.7 Å². The van der Waals surface area contributed by atoms with Crippen LogP contribution < -0.4 is 4.90 Å². The predicted octanol–water partition coefficient (Wildman–Crippen LogP) is 3.78. The van der Waals surface area contributed by atoms with E-state index in [9.17, 15) is 0 Å². The summed E-state index contributed by atoms with van der Waals surface area (Å²) < 4.78 is 1.08. The summed E-state index contributed by atoms with van der Waals surface area (Å²) in [7, 11) is 0. The van der Waals surface area contributed by atoms with Crippen molar-refractivity contribution >= 4 is 21.7 Å². The molecule has 0 fully saturated rings. The summed E-state index contributed by atoms with van der Waals surface area (Å²) in [6.45, 7) is 8.68. The summed E-state index contributed by atoms with van der Waals surface area (Å²) >= 11 is 3.48. The molecule has 3 heteroatoms. The summed E-state index contributed by atoms with van der Waals surface area (Å²) in [6.07, 6.45) is 4.22. The smallest absolute Gasteiger partial charge is 0.128 e. The van der Waals surface area contributed by atoms with Crippen LogP contribution in [0.25, 0.3) is 0 Å². The lowest BCUT2D eigenvalue weighted by Gasteiger charge is -2.22. The highest BCUT2D eigenvalue weighted by molar-refractivity contribution is 9.10. The molecular formula is C12H19BrN2. The van der Waals surface area contributed by atoms with E-state index in [4.69, 9.17) is 0 Å². The molecule has 0 aliphatic heterocycles. The second-order valence-corrected chi connectivity index (χ2v) is 4.63. The van der Waals surface area contributed by atoms with Gasteiger partial charge in [0.2, 0.25) is 0 Å². The zero-order valence-corrected chi connectivity index (χ0v) is 11.3. The van der Waals surface area contributed by atoms with Crippen LogP contribution in [-0.2, 0) is 0 Å². The number of rotatable bonds is 5. The van der Waals surface area contributed by atoms with Crippen LogP contribution in [0.2, 0.25) is 0 Å². The van der Waals surface area contributed by atoms with Crippen LogP contribution in [0.4, 0.5) is 5.82 Å². The Bertz CT molecular complexity index is 306. The van der Waals surface area contributed by atoms with Gasteiger partial charge >= 0.3 is 0 Å². The quantitative estimate of drug-likeness (QED) is 0.810. The Hall–Kier alpha value is -0.570. The molecule has 0 unspecified atom stereocenters. The van der Waals surface area contributed by atoms with E-state index >= 15 is 0 Å². The highest BCUT2D eigenvalue weighted by Crippen LogP contribution is 2.20. The van der Waals surface area contributed by atoms with Crippen LogP contribution in [-0.4, -0.2) is 18.1 Å². The normalized spacial score (nSPS) is 10.4. The molecule has 2 nitrogen and oxygen atoms in total. The van der Waals surface area contributed by atoms with E-state index in [1.807, 2.05) is 6.20 Å². The second kappa shape index (κ2) is 6.11. The SMILES string of the molecule is CCCN(CCC)c1cc(C)c(Br)cn1. The third-order valence-electron chi connectivity index (χ3n) is 2.34. The molecule has 1 rings (SSSR count). The fourth-order valence-corrected chi connectivity index (χ4v) is 1.79. The van der Waals surface area contributed by atoms with E-state index in [2.05, 4.69) is 52.7 Å². The Morgan fingerprint density at radius 1 is 1.27 bits per heavy atom. The molecule has 1 aromatic heterocycles. The molecular weight excluding hydrogens is 252 g/mol. The van der Waals surface area contributed by atoms with Gasteiger partial charge in [0.05, 0.1) is 0 Å². The standard InChI is InChI=1S/C12H19BrN2/c1-4-6-15(7-5-2)12-8-10(3)11(13)9-14-12/h8-9H,4-7H2,1-3H3. The third kappa shape index (κ3) is 3.49. The predicted molar refractivity (Wildman–Crippen MR) is 69.5 cm³/mol. The number of aromatic nitrogens is 1. The number of hydrogen-bond acceptors (Lipinski definition) is 2. The summed E-state index contributed by atoms with van der Waals surface area (Å²) in [5.74, 6) is 1.10. The van der Waals surface area contributed by atoms with E-state index in [-0.39, 0.29) is 0 Å². The van der Waals surface area contributed by atoms with Crippen LogP contribution in [0.5, 0.6) is 0 Å². The molecule has 0 radical (unpaired) electrons. The first kappa shape index (κ1) is 12.5. The number of anilines is 1. The van der Waals surface area contributed by atoms with E-state index in [0.29, 0.717) is 0 Å². The summed E-state index contributed by atoms with van der Waals surface area (Å²) in [5.41, 5.74) is 1.25. The number of hydrogen-bond donors (Lipinski definition) is 0. The van der Waals surface area contributed by atoms with Crippen LogP contribution in [0.3, 0.4) is 0 Å². The largest absolute Gasteiger partial charge is 0.357 e. The third-order valence-corrected chi connectivity index (χ3v) is 3.17. The van der Waals surface area contributed by atoms with Gasteiger partial charge in [-0.15, -0.1) is 0 Å². The van der Waals surface area contributed by atoms with Crippen molar-refractivity contribution in [3.8, 4) is 0 Å². The number of aryl methyl sites for hydroxylation is 1. The highest BCUT2D eigenvalue weighted by Gasteiger charge is 2.06. The molecule has 0 saturated carbocycles. The molecule has 15 heavy (non-hydrogen) atoms. The zero-order chi connectivity index (χ0) is 11.3. The molecule has 0 bridgehead atoms. The van der Waals surface area contributed by atoms with Crippen molar-refractivity contribution in [2.75, 3.05) is 18.0 Å². The molecule has 0 aromatic carbocycles. The Morgan fingerprint density at radius 2 is 1.87 bits per heavy atom. The number of pyridine rings is 1. The first-order valence-corrected chi connectivity index (χ1v) is 6.35. The first-order chi connectivity index (χ1) is 7.19. The average Bonchev–Trinajstić information content (AvgIpc) is 2.22. The number of nitrogens with zero attached hydrogens (tertiary/aromatic N) is 2. The van der Waals surface area contributed by atoms with Crippen molar-refractivity contribution in [3.63, 3.8) is 0 Å². The van der Waals surface area contributed by atoms with Gasteiger partial charge in [0.25, 0.3) is 0 Å². The summed E-state index contributed by atoms with van der Waals surface area (Å²) in [4.78, 5) is 6.80. The minimum absolute atomic E-state index is 1.08.